The van der Waals surface area contributed by atoms with Crippen LogP contribution in [0, 0.1) is 11.3 Å². The van der Waals surface area contributed by atoms with Crippen LogP contribution in [0.2, 0.25) is 0 Å². The standard InChI is InChI=1S/C11H12N2O/c1-3-10(13-2)9-5-4-8(7-12)6-11(9)14/h4-6,14H,3H2,1-2H3/b13-10+. The summed E-state index contributed by atoms with van der Waals surface area (Å²) in [6.07, 6.45) is 0.760. The number of hydrogen-bond donors (Lipinski definition) is 1. The van der Waals surface area contributed by atoms with Gasteiger partial charge in [-0.3, -0.25) is 4.99 Å². The summed E-state index contributed by atoms with van der Waals surface area (Å²) in [5, 5.41) is 18.2. The molecular weight excluding hydrogens is 176 g/mol. The van der Waals surface area contributed by atoms with Gasteiger partial charge in [-0.15, -0.1) is 0 Å². The summed E-state index contributed by atoms with van der Waals surface area (Å²) in [5.74, 6) is 0.117. The van der Waals surface area contributed by atoms with Gasteiger partial charge in [0, 0.05) is 18.3 Å². The largest absolute Gasteiger partial charge is 0.507 e. The van der Waals surface area contributed by atoms with Crippen LogP contribution in [-0.4, -0.2) is 17.9 Å². The van der Waals surface area contributed by atoms with Crippen LogP contribution in [0.4, 0.5) is 0 Å². The van der Waals surface area contributed by atoms with Gasteiger partial charge in [-0.05, 0) is 24.6 Å². The van der Waals surface area contributed by atoms with Gasteiger partial charge in [0.1, 0.15) is 5.75 Å². The van der Waals surface area contributed by atoms with Crippen molar-refractivity contribution in [3.8, 4) is 11.8 Å². The summed E-state index contributed by atoms with van der Waals surface area (Å²) < 4.78 is 0. The number of phenols is 1. The average Bonchev–Trinajstić information content (AvgIpc) is 2.22. The van der Waals surface area contributed by atoms with Crippen LogP contribution in [-0.2, 0) is 0 Å². The summed E-state index contributed by atoms with van der Waals surface area (Å²) in [7, 11) is 1.69. The lowest BCUT2D eigenvalue weighted by Crippen LogP contribution is -1.99. The zero-order valence-corrected chi connectivity index (χ0v) is 8.28. The number of aliphatic imine (C=N–C) groups is 1. The van der Waals surface area contributed by atoms with Crippen LogP contribution in [0.1, 0.15) is 24.5 Å². The Kier molecular flexibility index (Phi) is 3.24. The topological polar surface area (TPSA) is 56.4 Å². The van der Waals surface area contributed by atoms with E-state index >= 15 is 0 Å². The lowest BCUT2D eigenvalue weighted by molar-refractivity contribution is 0.474. The van der Waals surface area contributed by atoms with Crippen molar-refractivity contribution < 1.29 is 5.11 Å². The molecule has 0 fully saturated rings. The average molecular weight is 188 g/mol. The smallest absolute Gasteiger partial charge is 0.125 e. The molecule has 14 heavy (non-hydrogen) atoms. The monoisotopic (exact) mass is 188 g/mol. The van der Waals surface area contributed by atoms with E-state index in [1.54, 1.807) is 19.2 Å². The summed E-state index contributed by atoms with van der Waals surface area (Å²) in [4.78, 5) is 4.07. The van der Waals surface area contributed by atoms with Crippen molar-refractivity contribution in [1.82, 2.24) is 0 Å². The Labute approximate surface area is 83.3 Å². The number of nitriles is 1. The van der Waals surface area contributed by atoms with Gasteiger partial charge in [-0.2, -0.15) is 5.26 Å². The molecule has 0 bridgehead atoms. The maximum atomic E-state index is 9.62. The summed E-state index contributed by atoms with van der Waals surface area (Å²) in [5.41, 5.74) is 2.00. The second-order valence-electron chi connectivity index (χ2n) is 2.87. The van der Waals surface area contributed by atoms with Crippen LogP contribution in [0.15, 0.2) is 23.2 Å². The van der Waals surface area contributed by atoms with E-state index in [-0.39, 0.29) is 5.75 Å². The zero-order valence-electron chi connectivity index (χ0n) is 8.28. The minimum Gasteiger partial charge on any atom is -0.507 e. The molecule has 1 aromatic rings. The molecule has 0 spiro atoms. The number of benzene rings is 1. The molecule has 1 aromatic carbocycles. The molecule has 3 nitrogen and oxygen atoms in total. The summed E-state index contributed by atoms with van der Waals surface area (Å²) >= 11 is 0. The van der Waals surface area contributed by atoms with Gasteiger partial charge in [0.25, 0.3) is 0 Å². The molecule has 0 heterocycles. The molecule has 0 saturated heterocycles. The molecule has 0 saturated carbocycles. The van der Waals surface area contributed by atoms with Crippen LogP contribution in [0.25, 0.3) is 0 Å². The number of nitrogens with zero attached hydrogens (tertiary/aromatic N) is 2. The van der Waals surface area contributed by atoms with Crippen molar-refractivity contribution in [3.05, 3.63) is 29.3 Å². The fourth-order valence-electron chi connectivity index (χ4n) is 1.31. The van der Waals surface area contributed by atoms with E-state index in [9.17, 15) is 5.11 Å². The summed E-state index contributed by atoms with van der Waals surface area (Å²) in [6.45, 7) is 1.97. The van der Waals surface area contributed by atoms with Crippen LogP contribution < -0.4 is 0 Å². The third-order valence-corrected chi connectivity index (χ3v) is 2.04. The van der Waals surface area contributed by atoms with E-state index in [2.05, 4.69) is 4.99 Å². The van der Waals surface area contributed by atoms with Gasteiger partial charge < -0.3 is 5.11 Å². The third kappa shape index (κ3) is 1.91. The maximum absolute atomic E-state index is 9.62. The van der Waals surface area contributed by atoms with Gasteiger partial charge in [0.05, 0.1) is 11.6 Å². The Hall–Kier alpha value is -1.82. The molecule has 0 aromatic heterocycles. The second kappa shape index (κ2) is 4.43. The van der Waals surface area contributed by atoms with Gasteiger partial charge in [-0.1, -0.05) is 6.92 Å². The minimum absolute atomic E-state index is 0.117. The molecule has 0 radical (unpaired) electrons. The molecule has 72 valence electrons. The van der Waals surface area contributed by atoms with Crippen molar-refractivity contribution in [2.45, 2.75) is 13.3 Å². The normalized spacial score (nSPS) is 11.1. The number of aromatic hydroxyl groups is 1. The highest BCUT2D eigenvalue weighted by atomic mass is 16.3. The van der Waals surface area contributed by atoms with Gasteiger partial charge >= 0.3 is 0 Å². The van der Waals surface area contributed by atoms with Crippen molar-refractivity contribution in [2.24, 2.45) is 4.99 Å². The first-order valence-corrected chi connectivity index (χ1v) is 4.42. The number of hydrogen-bond acceptors (Lipinski definition) is 3. The van der Waals surface area contributed by atoms with E-state index in [1.165, 1.54) is 6.07 Å². The Bertz CT molecular complexity index is 402. The quantitative estimate of drug-likeness (QED) is 0.722. The highest BCUT2D eigenvalue weighted by Crippen LogP contribution is 2.20. The lowest BCUT2D eigenvalue weighted by Gasteiger charge is -2.05. The predicted octanol–water partition coefficient (Wildman–Crippen LogP) is 2.09. The molecule has 0 unspecified atom stereocenters. The molecule has 0 aliphatic carbocycles. The Morgan fingerprint density at radius 1 is 1.57 bits per heavy atom. The SMILES string of the molecule is CC/C(=N\C)c1ccc(C#N)cc1O. The number of phenolic OH excluding ortho intramolecular Hbond substituents is 1. The number of rotatable bonds is 2. The highest BCUT2D eigenvalue weighted by molar-refractivity contribution is 6.02. The Balaban J connectivity index is 3.19. The fourth-order valence-corrected chi connectivity index (χ4v) is 1.31. The molecule has 0 atom stereocenters. The predicted molar refractivity (Wildman–Crippen MR) is 55.6 cm³/mol. The van der Waals surface area contributed by atoms with Crippen molar-refractivity contribution in [2.75, 3.05) is 7.05 Å². The molecule has 1 N–H and O–H groups in total. The van der Waals surface area contributed by atoms with Gasteiger partial charge in [-0.25, -0.2) is 0 Å². The van der Waals surface area contributed by atoms with Crippen molar-refractivity contribution in [1.29, 1.82) is 5.26 Å². The van der Waals surface area contributed by atoms with Gasteiger partial charge in [0.15, 0.2) is 0 Å². The molecule has 1 rings (SSSR count). The highest BCUT2D eigenvalue weighted by Gasteiger charge is 2.06. The van der Waals surface area contributed by atoms with Crippen LogP contribution >= 0.6 is 0 Å². The first-order valence-electron chi connectivity index (χ1n) is 4.42. The van der Waals surface area contributed by atoms with Crippen LogP contribution in [0.5, 0.6) is 5.75 Å². The summed E-state index contributed by atoms with van der Waals surface area (Å²) in [6, 6.07) is 6.82. The van der Waals surface area contributed by atoms with E-state index in [0.717, 1.165) is 12.1 Å². The van der Waals surface area contributed by atoms with E-state index < -0.39 is 0 Å². The lowest BCUT2D eigenvalue weighted by atomic mass is 10.0. The molecule has 0 amide bonds. The molecule has 0 aliphatic heterocycles. The molecule has 3 heteroatoms. The van der Waals surface area contributed by atoms with E-state index in [0.29, 0.717) is 11.1 Å². The molecule has 0 aliphatic rings. The third-order valence-electron chi connectivity index (χ3n) is 2.04. The minimum atomic E-state index is 0.117. The van der Waals surface area contributed by atoms with Crippen LogP contribution in [0.3, 0.4) is 0 Å². The van der Waals surface area contributed by atoms with E-state index in [1.807, 2.05) is 13.0 Å². The first-order chi connectivity index (χ1) is 6.72. The fraction of sp³-hybridized carbons (Fsp3) is 0.273. The Morgan fingerprint density at radius 3 is 2.71 bits per heavy atom. The molecular formula is C11H12N2O. The van der Waals surface area contributed by atoms with Gasteiger partial charge in [0.2, 0.25) is 0 Å². The zero-order chi connectivity index (χ0) is 10.6. The van der Waals surface area contributed by atoms with Crippen molar-refractivity contribution >= 4 is 5.71 Å². The Morgan fingerprint density at radius 2 is 2.29 bits per heavy atom. The first kappa shape index (κ1) is 10.3. The second-order valence-corrected chi connectivity index (χ2v) is 2.87. The van der Waals surface area contributed by atoms with Crippen molar-refractivity contribution in [3.63, 3.8) is 0 Å². The van der Waals surface area contributed by atoms with E-state index in [4.69, 9.17) is 5.26 Å². The maximum Gasteiger partial charge on any atom is 0.125 e.